The number of anilines is 1. The summed E-state index contributed by atoms with van der Waals surface area (Å²) in [4.78, 5) is 4.30. The molecule has 2 rings (SSSR count). The normalized spacial score (nSPS) is 11.5. The Kier molecular flexibility index (Phi) is 3.99. The van der Waals surface area contributed by atoms with Gasteiger partial charge in [-0.1, -0.05) is 26.0 Å². The van der Waals surface area contributed by atoms with Gasteiger partial charge in [0.2, 0.25) is 0 Å². The molecule has 0 saturated carbocycles. The highest BCUT2D eigenvalue weighted by atomic mass is 32.1. The first-order valence-electron chi connectivity index (χ1n) is 5.95. The summed E-state index contributed by atoms with van der Waals surface area (Å²) >= 11 is 1.63. The Hall–Kier alpha value is -1.39. The van der Waals surface area contributed by atoms with E-state index in [1.165, 1.54) is 0 Å². The average Bonchev–Trinajstić information content (AvgIpc) is 2.91. The zero-order chi connectivity index (χ0) is 13.0. The summed E-state index contributed by atoms with van der Waals surface area (Å²) in [5.41, 5.74) is 2.07. The third-order valence-electron chi connectivity index (χ3n) is 2.74. The molecule has 0 unspecified atom stereocenters. The quantitative estimate of drug-likeness (QED) is 0.869. The van der Waals surface area contributed by atoms with Gasteiger partial charge >= 0.3 is 0 Å². The highest BCUT2D eigenvalue weighted by molar-refractivity contribution is 7.13. The van der Waals surface area contributed by atoms with Crippen LogP contribution in [-0.2, 0) is 0 Å². The monoisotopic (exact) mass is 262 g/mol. The van der Waals surface area contributed by atoms with Gasteiger partial charge in [0.1, 0.15) is 5.01 Å². The second-order valence-corrected chi connectivity index (χ2v) is 5.99. The van der Waals surface area contributed by atoms with Gasteiger partial charge in [-0.25, -0.2) is 4.98 Å². The van der Waals surface area contributed by atoms with E-state index in [2.05, 4.69) is 22.4 Å². The lowest BCUT2D eigenvalue weighted by molar-refractivity contribution is 0.171. The standard InChI is InChI=1S/C14H18N2OS/c1-14(2,10-17)9-16-12-5-3-4-11(8-12)13-15-6-7-18-13/h3-8,16-17H,9-10H2,1-2H3. The second-order valence-electron chi connectivity index (χ2n) is 5.09. The number of nitrogens with zero attached hydrogens (tertiary/aromatic N) is 1. The molecule has 1 aromatic carbocycles. The van der Waals surface area contributed by atoms with E-state index in [-0.39, 0.29) is 12.0 Å². The third-order valence-corrected chi connectivity index (χ3v) is 3.56. The number of aromatic nitrogens is 1. The third kappa shape index (κ3) is 3.31. The van der Waals surface area contributed by atoms with Crippen molar-refractivity contribution in [2.75, 3.05) is 18.5 Å². The summed E-state index contributed by atoms with van der Waals surface area (Å²) in [6.45, 7) is 4.98. The van der Waals surface area contributed by atoms with Gasteiger partial charge in [0.15, 0.2) is 0 Å². The number of rotatable bonds is 5. The summed E-state index contributed by atoms with van der Waals surface area (Å²) < 4.78 is 0. The molecule has 0 aliphatic rings. The van der Waals surface area contributed by atoms with Crippen molar-refractivity contribution < 1.29 is 5.11 Å². The van der Waals surface area contributed by atoms with Crippen LogP contribution in [0.4, 0.5) is 5.69 Å². The minimum absolute atomic E-state index is 0.114. The van der Waals surface area contributed by atoms with E-state index < -0.39 is 0 Å². The van der Waals surface area contributed by atoms with Gasteiger partial charge in [-0.05, 0) is 12.1 Å². The zero-order valence-corrected chi connectivity index (χ0v) is 11.5. The minimum atomic E-state index is -0.114. The van der Waals surface area contributed by atoms with Crippen LogP contribution in [0.1, 0.15) is 13.8 Å². The number of nitrogens with one attached hydrogen (secondary N) is 1. The van der Waals surface area contributed by atoms with Crippen molar-refractivity contribution >= 4 is 17.0 Å². The summed E-state index contributed by atoms with van der Waals surface area (Å²) in [5.74, 6) is 0. The number of benzene rings is 1. The molecule has 96 valence electrons. The fraction of sp³-hybridized carbons (Fsp3) is 0.357. The Morgan fingerprint density at radius 3 is 2.89 bits per heavy atom. The summed E-state index contributed by atoms with van der Waals surface area (Å²) in [6, 6.07) is 8.20. The van der Waals surface area contributed by atoms with Gasteiger partial charge in [-0.15, -0.1) is 11.3 Å². The molecule has 0 fully saturated rings. The summed E-state index contributed by atoms with van der Waals surface area (Å²) in [7, 11) is 0. The van der Waals surface area contributed by atoms with Crippen LogP contribution in [-0.4, -0.2) is 23.2 Å². The molecule has 0 atom stereocenters. The fourth-order valence-corrected chi connectivity index (χ4v) is 2.16. The topological polar surface area (TPSA) is 45.1 Å². The van der Waals surface area contributed by atoms with Gasteiger partial charge in [-0.2, -0.15) is 0 Å². The van der Waals surface area contributed by atoms with E-state index in [0.29, 0.717) is 0 Å². The Bertz CT molecular complexity index is 494. The second kappa shape index (κ2) is 5.50. The first-order valence-corrected chi connectivity index (χ1v) is 6.83. The van der Waals surface area contributed by atoms with Gasteiger partial charge < -0.3 is 10.4 Å². The van der Waals surface area contributed by atoms with Crippen molar-refractivity contribution in [3.8, 4) is 10.6 Å². The fourth-order valence-electron chi connectivity index (χ4n) is 1.53. The lowest BCUT2D eigenvalue weighted by atomic mass is 9.95. The van der Waals surface area contributed by atoms with Crippen molar-refractivity contribution in [1.29, 1.82) is 0 Å². The number of hydrogen-bond donors (Lipinski definition) is 2. The zero-order valence-electron chi connectivity index (χ0n) is 10.7. The van der Waals surface area contributed by atoms with E-state index >= 15 is 0 Å². The van der Waals surface area contributed by atoms with Crippen molar-refractivity contribution in [3.05, 3.63) is 35.8 Å². The summed E-state index contributed by atoms with van der Waals surface area (Å²) in [6.07, 6.45) is 1.81. The largest absolute Gasteiger partial charge is 0.396 e. The Morgan fingerprint density at radius 2 is 2.22 bits per heavy atom. The molecule has 0 aliphatic carbocycles. The number of thiazole rings is 1. The molecule has 0 amide bonds. The Morgan fingerprint density at radius 1 is 1.39 bits per heavy atom. The molecule has 18 heavy (non-hydrogen) atoms. The molecule has 4 heteroatoms. The van der Waals surface area contributed by atoms with Crippen LogP contribution in [0.3, 0.4) is 0 Å². The van der Waals surface area contributed by atoms with Crippen molar-refractivity contribution in [1.82, 2.24) is 4.98 Å². The number of aliphatic hydroxyl groups excluding tert-OH is 1. The van der Waals surface area contributed by atoms with Crippen LogP contribution in [0.5, 0.6) is 0 Å². The van der Waals surface area contributed by atoms with Gasteiger partial charge in [0.25, 0.3) is 0 Å². The molecule has 0 spiro atoms. The van der Waals surface area contributed by atoms with Crippen molar-refractivity contribution in [2.45, 2.75) is 13.8 Å². The molecule has 0 radical (unpaired) electrons. The van der Waals surface area contributed by atoms with Crippen LogP contribution in [0.25, 0.3) is 10.6 Å². The number of aliphatic hydroxyl groups is 1. The maximum atomic E-state index is 9.23. The first kappa shape index (κ1) is 13.1. The minimum Gasteiger partial charge on any atom is -0.396 e. The maximum Gasteiger partial charge on any atom is 0.123 e. The van der Waals surface area contributed by atoms with Crippen LogP contribution < -0.4 is 5.32 Å². The molecule has 1 aromatic heterocycles. The van der Waals surface area contributed by atoms with E-state index in [1.807, 2.05) is 37.6 Å². The molecule has 3 nitrogen and oxygen atoms in total. The smallest absolute Gasteiger partial charge is 0.123 e. The molecule has 0 aliphatic heterocycles. The molecule has 2 aromatic rings. The predicted octanol–water partition coefficient (Wildman–Crippen LogP) is 3.24. The Balaban J connectivity index is 2.09. The molecule has 1 heterocycles. The molecule has 0 bridgehead atoms. The maximum absolute atomic E-state index is 9.23. The summed E-state index contributed by atoms with van der Waals surface area (Å²) in [5, 5.41) is 15.6. The van der Waals surface area contributed by atoms with E-state index in [9.17, 15) is 5.11 Å². The van der Waals surface area contributed by atoms with Crippen LogP contribution >= 0.6 is 11.3 Å². The average molecular weight is 262 g/mol. The highest BCUT2D eigenvalue weighted by Crippen LogP contribution is 2.25. The lowest BCUT2D eigenvalue weighted by Gasteiger charge is -2.22. The van der Waals surface area contributed by atoms with Gasteiger partial charge in [0, 0.05) is 41.4 Å². The predicted molar refractivity (Wildman–Crippen MR) is 76.9 cm³/mol. The molecule has 2 N–H and O–H groups in total. The molecular weight excluding hydrogens is 244 g/mol. The lowest BCUT2D eigenvalue weighted by Crippen LogP contribution is -2.26. The number of hydrogen-bond acceptors (Lipinski definition) is 4. The van der Waals surface area contributed by atoms with Crippen LogP contribution in [0.2, 0.25) is 0 Å². The van der Waals surface area contributed by atoms with E-state index in [1.54, 1.807) is 11.3 Å². The van der Waals surface area contributed by atoms with Crippen LogP contribution in [0.15, 0.2) is 35.8 Å². The van der Waals surface area contributed by atoms with Crippen LogP contribution in [0, 0.1) is 5.41 Å². The van der Waals surface area contributed by atoms with E-state index in [0.717, 1.165) is 22.8 Å². The van der Waals surface area contributed by atoms with Crippen molar-refractivity contribution in [3.63, 3.8) is 0 Å². The first-order chi connectivity index (χ1) is 8.61. The van der Waals surface area contributed by atoms with Crippen molar-refractivity contribution in [2.24, 2.45) is 5.41 Å². The Labute approximate surface area is 112 Å². The molecule has 0 saturated heterocycles. The van der Waals surface area contributed by atoms with Gasteiger partial charge in [0.05, 0.1) is 0 Å². The van der Waals surface area contributed by atoms with E-state index in [4.69, 9.17) is 0 Å². The SMILES string of the molecule is CC(C)(CO)CNc1cccc(-c2nccs2)c1. The molecular formula is C14H18N2OS. The highest BCUT2D eigenvalue weighted by Gasteiger charge is 2.15. The van der Waals surface area contributed by atoms with Gasteiger partial charge in [-0.3, -0.25) is 0 Å².